The molecule has 0 fully saturated rings. The zero-order valence-electron chi connectivity index (χ0n) is 16.2. The molecule has 144 valence electrons. The fourth-order valence-corrected chi connectivity index (χ4v) is 3.80. The van der Waals surface area contributed by atoms with Crippen LogP contribution in [0, 0.1) is 13.8 Å². The van der Waals surface area contributed by atoms with Crippen LogP contribution in [-0.2, 0) is 30.7 Å². The Hall–Kier alpha value is -3.09. The number of carbonyl (C=O) groups is 1. The summed E-state index contributed by atoms with van der Waals surface area (Å²) in [5.74, 6) is 0.324. The van der Waals surface area contributed by atoms with Crippen molar-refractivity contribution in [3.05, 3.63) is 63.1 Å². The molecule has 7 nitrogen and oxygen atoms in total. The number of benzene rings is 1. The summed E-state index contributed by atoms with van der Waals surface area (Å²) in [5.41, 5.74) is 3.81. The molecule has 0 spiro atoms. The minimum Gasteiger partial charge on any atom is -0.347 e. The van der Waals surface area contributed by atoms with Gasteiger partial charge in [-0.25, -0.2) is 14.6 Å². The lowest BCUT2D eigenvalue weighted by atomic mass is 9.95. The van der Waals surface area contributed by atoms with Gasteiger partial charge in [-0.1, -0.05) is 18.2 Å². The third-order valence-electron chi connectivity index (χ3n) is 5.23. The molecule has 3 aromatic rings. The molecule has 1 aliphatic rings. The van der Waals surface area contributed by atoms with Crippen molar-refractivity contribution < 1.29 is 4.79 Å². The predicted octanol–water partition coefficient (Wildman–Crippen LogP) is 2.00. The Morgan fingerprint density at radius 3 is 2.64 bits per heavy atom. The zero-order valence-corrected chi connectivity index (χ0v) is 16.2. The van der Waals surface area contributed by atoms with E-state index < -0.39 is 0 Å². The number of aryl methyl sites for hydroxylation is 3. The lowest BCUT2D eigenvalue weighted by molar-refractivity contribution is -0.122. The molecule has 7 heteroatoms. The van der Waals surface area contributed by atoms with E-state index in [1.165, 1.54) is 16.7 Å². The average Bonchev–Trinajstić information content (AvgIpc) is 2.70. The molecule has 28 heavy (non-hydrogen) atoms. The molecule has 1 aliphatic carbocycles. The van der Waals surface area contributed by atoms with Gasteiger partial charge in [0.25, 0.3) is 5.56 Å². The first-order chi connectivity index (χ1) is 13.5. The van der Waals surface area contributed by atoms with Crippen LogP contribution in [0.25, 0.3) is 10.8 Å². The van der Waals surface area contributed by atoms with Crippen LogP contribution in [-0.4, -0.2) is 25.7 Å². The maximum Gasteiger partial charge on any atom is 0.275 e. The van der Waals surface area contributed by atoms with E-state index in [0.29, 0.717) is 11.2 Å². The van der Waals surface area contributed by atoms with Crippen molar-refractivity contribution in [1.29, 1.82) is 0 Å². The first-order valence-corrected chi connectivity index (χ1v) is 9.61. The van der Waals surface area contributed by atoms with Crippen molar-refractivity contribution >= 4 is 16.7 Å². The summed E-state index contributed by atoms with van der Waals surface area (Å²) in [6, 6.07) is 7.29. The fourth-order valence-electron chi connectivity index (χ4n) is 3.80. The number of nitrogens with one attached hydrogen (secondary N) is 1. The Morgan fingerprint density at radius 2 is 1.82 bits per heavy atom. The van der Waals surface area contributed by atoms with E-state index in [4.69, 9.17) is 0 Å². The molecule has 0 aliphatic heterocycles. The second-order valence-electron chi connectivity index (χ2n) is 7.23. The van der Waals surface area contributed by atoms with E-state index in [1.807, 2.05) is 32.0 Å². The monoisotopic (exact) mass is 377 g/mol. The highest BCUT2D eigenvalue weighted by molar-refractivity contribution is 5.83. The minimum atomic E-state index is -0.289. The Bertz CT molecular complexity index is 1120. The first-order valence-electron chi connectivity index (χ1n) is 9.61. The highest BCUT2D eigenvalue weighted by Gasteiger charge is 2.16. The molecule has 0 saturated carbocycles. The van der Waals surface area contributed by atoms with Crippen molar-refractivity contribution in [2.24, 2.45) is 0 Å². The number of hydrogen-bond acceptors (Lipinski definition) is 5. The van der Waals surface area contributed by atoms with Gasteiger partial charge in [0.2, 0.25) is 5.91 Å². The maximum atomic E-state index is 12.6. The van der Waals surface area contributed by atoms with E-state index in [0.717, 1.165) is 41.7 Å². The molecule has 0 bridgehead atoms. The van der Waals surface area contributed by atoms with Gasteiger partial charge in [-0.2, -0.15) is 5.10 Å². The molecule has 0 unspecified atom stereocenters. The molecule has 1 N–H and O–H groups in total. The van der Waals surface area contributed by atoms with Crippen molar-refractivity contribution in [1.82, 2.24) is 25.1 Å². The number of rotatable bonds is 4. The smallest absolute Gasteiger partial charge is 0.275 e. The number of amides is 1. The zero-order chi connectivity index (χ0) is 19.7. The van der Waals surface area contributed by atoms with E-state index in [1.54, 1.807) is 6.07 Å². The minimum absolute atomic E-state index is 0.131. The van der Waals surface area contributed by atoms with Gasteiger partial charge in [0.15, 0.2) is 0 Å². The quantitative estimate of drug-likeness (QED) is 0.751. The van der Waals surface area contributed by atoms with Crippen LogP contribution in [0.2, 0.25) is 0 Å². The molecule has 0 radical (unpaired) electrons. The largest absolute Gasteiger partial charge is 0.347 e. The average molecular weight is 377 g/mol. The molecule has 0 saturated heterocycles. The van der Waals surface area contributed by atoms with Gasteiger partial charge in [-0.15, -0.1) is 0 Å². The first kappa shape index (κ1) is 18.3. The Kier molecular flexibility index (Phi) is 4.90. The molecule has 4 rings (SSSR count). The Labute approximate surface area is 162 Å². The molecule has 1 aromatic carbocycles. The number of nitrogens with zero attached hydrogens (tertiary/aromatic N) is 4. The fraction of sp³-hybridized carbons (Fsp3) is 0.381. The van der Waals surface area contributed by atoms with Crippen LogP contribution in [0.3, 0.4) is 0 Å². The summed E-state index contributed by atoms with van der Waals surface area (Å²) in [5, 5.41) is 8.47. The van der Waals surface area contributed by atoms with E-state index in [9.17, 15) is 9.59 Å². The van der Waals surface area contributed by atoms with Crippen molar-refractivity contribution in [3.8, 4) is 0 Å². The summed E-state index contributed by atoms with van der Waals surface area (Å²) < 4.78 is 1.21. The van der Waals surface area contributed by atoms with Crippen molar-refractivity contribution in [3.63, 3.8) is 0 Å². The van der Waals surface area contributed by atoms with Gasteiger partial charge in [0.1, 0.15) is 12.4 Å². The standard InChI is InChI=1S/C21H23N5O2/c1-13-16-8-5-6-10-18(16)24-19(23-13)11-22-20(27)12-26-21(28)17-9-4-3-7-15(17)14(2)25-26/h3-4,7,9H,5-6,8,10-12H2,1-2H3,(H,22,27). The van der Waals surface area contributed by atoms with E-state index >= 15 is 0 Å². The van der Waals surface area contributed by atoms with Crippen LogP contribution in [0.1, 0.15) is 41.3 Å². The highest BCUT2D eigenvalue weighted by Crippen LogP contribution is 2.21. The highest BCUT2D eigenvalue weighted by atomic mass is 16.2. The Balaban J connectivity index is 1.48. The second kappa shape index (κ2) is 7.50. The van der Waals surface area contributed by atoms with Gasteiger partial charge in [-0.3, -0.25) is 9.59 Å². The number of hydrogen-bond donors (Lipinski definition) is 1. The maximum absolute atomic E-state index is 12.6. The molecular weight excluding hydrogens is 354 g/mol. The summed E-state index contributed by atoms with van der Waals surface area (Å²) in [7, 11) is 0. The third-order valence-corrected chi connectivity index (χ3v) is 5.23. The number of fused-ring (bicyclic) bond motifs is 2. The summed E-state index contributed by atoms with van der Waals surface area (Å²) in [4.78, 5) is 34.1. The molecular formula is C21H23N5O2. The van der Waals surface area contributed by atoms with Crippen molar-refractivity contribution in [2.45, 2.75) is 52.6 Å². The van der Waals surface area contributed by atoms with Crippen molar-refractivity contribution in [2.75, 3.05) is 0 Å². The Morgan fingerprint density at radius 1 is 1.07 bits per heavy atom. The van der Waals surface area contributed by atoms with Gasteiger partial charge in [-0.05, 0) is 51.2 Å². The second-order valence-corrected chi connectivity index (χ2v) is 7.23. The number of aromatic nitrogens is 4. The third kappa shape index (κ3) is 3.52. The lowest BCUT2D eigenvalue weighted by Crippen LogP contribution is -2.34. The number of carbonyl (C=O) groups excluding carboxylic acids is 1. The van der Waals surface area contributed by atoms with E-state index in [-0.39, 0.29) is 24.6 Å². The van der Waals surface area contributed by atoms with Gasteiger partial charge < -0.3 is 5.32 Å². The van der Waals surface area contributed by atoms with Crippen LogP contribution in [0.4, 0.5) is 0 Å². The lowest BCUT2D eigenvalue weighted by Gasteiger charge is -2.17. The van der Waals surface area contributed by atoms with Gasteiger partial charge in [0.05, 0.1) is 17.6 Å². The SMILES string of the molecule is Cc1nc(CNC(=O)Cn2nc(C)c3ccccc3c2=O)nc2c1CCCC2. The van der Waals surface area contributed by atoms with Gasteiger partial charge >= 0.3 is 0 Å². The van der Waals surface area contributed by atoms with Crippen LogP contribution in [0.15, 0.2) is 29.1 Å². The molecule has 0 atom stereocenters. The molecule has 2 aromatic heterocycles. The van der Waals surface area contributed by atoms with Crippen LogP contribution >= 0.6 is 0 Å². The topological polar surface area (TPSA) is 89.8 Å². The van der Waals surface area contributed by atoms with E-state index in [2.05, 4.69) is 20.4 Å². The summed E-state index contributed by atoms with van der Waals surface area (Å²) in [6.07, 6.45) is 4.32. The normalized spacial score (nSPS) is 13.4. The summed E-state index contributed by atoms with van der Waals surface area (Å²) >= 11 is 0. The summed E-state index contributed by atoms with van der Waals surface area (Å²) in [6.45, 7) is 3.95. The predicted molar refractivity (Wildman–Crippen MR) is 106 cm³/mol. The van der Waals surface area contributed by atoms with Crippen LogP contribution < -0.4 is 10.9 Å². The molecule has 1 amide bonds. The molecule has 2 heterocycles. The van der Waals surface area contributed by atoms with Crippen LogP contribution in [0.5, 0.6) is 0 Å². The van der Waals surface area contributed by atoms with Gasteiger partial charge in [0, 0.05) is 16.8 Å².